The summed E-state index contributed by atoms with van der Waals surface area (Å²) in [5.74, 6) is 4.80. The Kier molecular flexibility index (Phi) is 2.31. The molecular formula is C3H8INO. The van der Waals surface area contributed by atoms with E-state index in [2.05, 4.69) is 27.4 Å². The van der Waals surface area contributed by atoms with E-state index < -0.39 is 0 Å². The first-order chi connectivity index (χ1) is 2.56. The molecule has 0 atom stereocenters. The van der Waals surface area contributed by atoms with Gasteiger partial charge in [-0.1, -0.05) is 0 Å². The van der Waals surface area contributed by atoms with E-state index >= 15 is 0 Å². The third-order valence-corrected chi connectivity index (χ3v) is 0.535. The van der Waals surface area contributed by atoms with Crippen molar-refractivity contribution in [3.8, 4) is 0 Å². The number of hydrogen-bond donors (Lipinski definition) is 1. The highest BCUT2D eigenvalue weighted by molar-refractivity contribution is 14.1. The van der Waals surface area contributed by atoms with Crippen molar-refractivity contribution in [2.75, 3.05) is 0 Å². The third-order valence-electron chi connectivity index (χ3n) is 0.280. The minimum Gasteiger partial charge on any atom is -0.288 e. The van der Waals surface area contributed by atoms with Gasteiger partial charge in [-0.3, -0.25) is 4.84 Å². The van der Waals surface area contributed by atoms with E-state index in [-0.39, 0.29) is 3.61 Å². The van der Waals surface area contributed by atoms with Crippen LogP contribution in [-0.2, 0) is 4.84 Å². The van der Waals surface area contributed by atoms with E-state index in [0.29, 0.717) is 0 Å². The molecule has 0 aliphatic rings. The molecule has 0 radical (unpaired) electrons. The SMILES string of the molecule is CC(C)(I)ON. The summed E-state index contributed by atoms with van der Waals surface area (Å²) in [6.45, 7) is 3.76. The topological polar surface area (TPSA) is 35.2 Å². The average Bonchev–Trinajstić information content (AvgIpc) is 1.35. The minimum absolute atomic E-state index is 0.211. The first-order valence-electron chi connectivity index (χ1n) is 1.63. The summed E-state index contributed by atoms with van der Waals surface area (Å²) in [7, 11) is 0. The minimum atomic E-state index is -0.211. The van der Waals surface area contributed by atoms with Crippen molar-refractivity contribution in [3.63, 3.8) is 0 Å². The Hall–Kier alpha value is 0.650. The number of rotatable bonds is 1. The number of alkyl halides is 1. The molecule has 2 nitrogen and oxygen atoms in total. The first-order valence-corrected chi connectivity index (χ1v) is 2.71. The highest BCUT2D eigenvalue weighted by atomic mass is 127. The molecule has 2 N–H and O–H groups in total. The lowest BCUT2D eigenvalue weighted by Crippen LogP contribution is -2.18. The lowest BCUT2D eigenvalue weighted by atomic mass is 10.5. The van der Waals surface area contributed by atoms with E-state index in [0.717, 1.165) is 0 Å². The van der Waals surface area contributed by atoms with Crippen molar-refractivity contribution in [2.45, 2.75) is 17.5 Å². The van der Waals surface area contributed by atoms with Gasteiger partial charge in [-0.05, 0) is 36.4 Å². The van der Waals surface area contributed by atoms with Crippen LogP contribution >= 0.6 is 22.6 Å². The monoisotopic (exact) mass is 201 g/mol. The smallest absolute Gasteiger partial charge is 0.134 e. The summed E-state index contributed by atoms with van der Waals surface area (Å²) in [6, 6.07) is 0. The molecule has 0 rings (SSSR count). The Morgan fingerprint density at radius 2 is 1.83 bits per heavy atom. The zero-order valence-corrected chi connectivity index (χ0v) is 6.02. The van der Waals surface area contributed by atoms with Crippen molar-refractivity contribution in [1.82, 2.24) is 0 Å². The molecule has 0 aromatic heterocycles. The zero-order valence-electron chi connectivity index (χ0n) is 3.86. The maximum absolute atomic E-state index is 4.80. The molecular weight excluding hydrogens is 193 g/mol. The molecule has 0 saturated heterocycles. The van der Waals surface area contributed by atoms with E-state index in [1.165, 1.54) is 0 Å². The standard InChI is InChI=1S/C3H8INO/c1-3(2,4)6-5/h5H2,1-2H3. The van der Waals surface area contributed by atoms with Gasteiger partial charge in [0.25, 0.3) is 0 Å². The van der Waals surface area contributed by atoms with Gasteiger partial charge in [0.2, 0.25) is 0 Å². The summed E-state index contributed by atoms with van der Waals surface area (Å²) in [5, 5.41) is 0. The van der Waals surface area contributed by atoms with E-state index in [9.17, 15) is 0 Å². The fourth-order valence-corrected chi connectivity index (χ4v) is 0. The normalized spacial score (nSPS) is 12.0. The van der Waals surface area contributed by atoms with Crippen LogP contribution in [0.4, 0.5) is 0 Å². The quantitative estimate of drug-likeness (QED) is 0.391. The van der Waals surface area contributed by atoms with Crippen LogP contribution in [0.2, 0.25) is 0 Å². The second kappa shape index (κ2) is 2.09. The number of halogens is 1. The van der Waals surface area contributed by atoms with Crippen LogP contribution in [0.5, 0.6) is 0 Å². The summed E-state index contributed by atoms with van der Waals surface area (Å²) in [4.78, 5) is 4.42. The van der Waals surface area contributed by atoms with Crippen molar-refractivity contribution >= 4 is 22.6 Å². The number of hydrogen-bond acceptors (Lipinski definition) is 2. The Morgan fingerprint density at radius 1 is 1.67 bits per heavy atom. The molecule has 38 valence electrons. The Morgan fingerprint density at radius 3 is 1.83 bits per heavy atom. The van der Waals surface area contributed by atoms with E-state index in [1.807, 2.05) is 13.8 Å². The van der Waals surface area contributed by atoms with E-state index in [4.69, 9.17) is 5.90 Å². The van der Waals surface area contributed by atoms with Gasteiger partial charge in [0, 0.05) is 0 Å². The highest BCUT2D eigenvalue weighted by Crippen LogP contribution is 2.14. The molecule has 0 spiro atoms. The lowest BCUT2D eigenvalue weighted by Gasteiger charge is -2.10. The van der Waals surface area contributed by atoms with Crippen LogP contribution in [0.3, 0.4) is 0 Å². The molecule has 0 heterocycles. The van der Waals surface area contributed by atoms with Gasteiger partial charge >= 0.3 is 0 Å². The average molecular weight is 201 g/mol. The second-order valence-corrected chi connectivity index (χ2v) is 4.08. The van der Waals surface area contributed by atoms with Gasteiger partial charge in [0.15, 0.2) is 0 Å². The molecule has 0 aromatic carbocycles. The maximum Gasteiger partial charge on any atom is 0.134 e. The summed E-state index contributed by atoms with van der Waals surface area (Å²) < 4.78 is -0.211. The lowest BCUT2D eigenvalue weighted by molar-refractivity contribution is 0.0664. The molecule has 0 unspecified atom stereocenters. The van der Waals surface area contributed by atoms with Gasteiger partial charge in [-0.25, -0.2) is 5.90 Å². The van der Waals surface area contributed by atoms with Crippen LogP contribution in [-0.4, -0.2) is 3.61 Å². The molecule has 0 aliphatic carbocycles. The zero-order chi connectivity index (χ0) is 5.21. The van der Waals surface area contributed by atoms with Crippen LogP contribution in [0.25, 0.3) is 0 Å². The molecule has 0 fully saturated rings. The predicted octanol–water partition coefficient (Wildman–Crippen LogP) is 1.05. The maximum atomic E-state index is 4.80. The summed E-state index contributed by atoms with van der Waals surface area (Å²) in [6.07, 6.45) is 0. The van der Waals surface area contributed by atoms with Crippen molar-refractivity contribution in [1.29, 1.82) is 0 Å². The molecule has 0 bridgehead atoms. The fourth-order valence-electron chi connectivity index (χ4n) is 0. The van der Waals surface area contributed by atoms with Crippen LogP contribution in [0.1, 0.15) is 13.8 Å². The van der Waals surface area contributed by atoms with Crippen molar-refractivity contribution < 1.29 is 4.84 Å². The summed E-state index contributed by atoms with van der Waals surface area (Å²) >= 11 is 2.09. The predicted molar refractivity (Wildman–Crippen MR) is 33.4 cm³/mol. The van der Waals surface area contributed by atoms with Gasteiger partial charge < -0.3 is 0 Å². The molecule has 0 aliphatic heterocycles. The highest BCUT2D eigenvalue weighted by Gasteiger charge is 2.08. The van der Waals surface area contributed by atoms with Crippen molar-refractivity contribution in [2.24, 2.45) is 5.90 Å². The largest absolute Gasteiger partial charge is 0.288 e. The third kappa shape index (κ3) is 4.65. The van der Waals surface area contributed by atoms with E-state index in [1.54, 1.807) is 0 Å². The number of nitrogens with two attached hydrogens (primary N) is 1. The summed E-state index contributed by atoms with van der Waals surface area (Å²) in [5.41, 5.74) is 0. The van der Waals surface area contributed by atoms with Gasteiger partial charge in [0.1, 0.15) is 3.61 Å². The Balaban J connectivity index is 3.17. The molecule has 0 saturated carbocycles. The van der Waals surface area contributed by atoms with Gasteiger partial charge in [-0.15, -0.1) is 0 Å². The molecule has 3 heteroatoms. The second-order valence-electron chi connectivity index (χ2n) is 1.48. The molecule has 0 amide bonds. The van der Waals surface area contributed by atoms with Crippen molar-refractivity contribution in [3.05, 3.63) is 0 Å². The van der Waals surface area contributed by atoms with Gasteiger partial charge in [-0.2, -0.15) is 0 Å². The fraction of sp³-hybridized carbons (Fsp3) is 1.00. The van der Waals surface area contributed by atoms with Crippen LogP contribution in [0, 0.1) is 0 Å². The molecule has 6 heavy (non-hydrogen) atoms. The van der Waals surface area contributed by atoms with Gasteiger partial charge in [0.05, 0.1) is 0 Å². The molecule has 0 aromatic rings. The Bertz CT molecular complexity index is 40.5. The Labute approximate surface area is 51.1 Å². The van der Waals surface area contributed by atoms with Crippen LogP contribution < -0.4 is 5.90 Å². The first kappa shape index (κ1) is 6.65. The van der Waals surface area contributed by atoms with Crippen LogP contribution in [0.15, 0.2) is 0 Å².